The summed E-state index contributed by atoms with van der Waals surface area (Å²) in [5, 5.41) is 15.8. The van der Waals surface area contributed by atoms with Gasteiger partial charge in [0.1, 0.15) is 11.5 Å². The molecule has 0 radical (unpaired) electrons. The highest BCUT2D eigenvalue weighted by Crippen LogP contribution is 2.33. The fraction of sp³-hybridized carbons (Fsp3) is 0.115. The predicted molar refractivity (Wildman–Crippen MR) is 131 cm³/mol. The number of nitriles is 1. The Bertz CT molecular complexity index is 1360. The number of hydrogen-bond acceptors (Lipinski definition) is 6. The minimum atomic E-state index is 0.544. The van der Waals surface area contributed by atoms with E-state index >= 15 is 0 Å². The SMILES string of the molecule is COc1ccc(OC)c(-c2csc(=NCc3ccccc3)n2N=Cc2ccc(C#N)cc2)c1. The molecule has 164 valence electrons. The first-order valence-electron chi connectivity index (χ1n) is 10.2. The van der Waals surface area contributed by atoms with Gasteiger partial charge in [0.15, 0.2) is 0 Å². The molecule has 1 aromatic heterocycles. The summed E-state index contributed by atoms with van der Waals surface area (Å²) in [6.45, 7) is 0.544. The van der Waals surface area contributed by atoms with Gasteiger partial charge in [-0.1, -0.05) is 42.5 Å². The Morgan fingerprint density at radius 1 is 1.00 bits per heavy atom. The van der Waals surface area contributed by atoms with Crippen LogP contribution in [0, 0.1) is 11.3 Å². The van der Waals surface area contributed by atoms with Crippen LogP contribution in [-0.4, -0.2) is 25.1 Å². The van der Waals surface area contributed by atoms with E-state index in [1.807, 2.05) is 70.7 Å². The Morgan fingerprint density at radius 3 is 2.48 bits per heavy atom. The monoisotopic (exact) mass is 454 g/mol. The number of ether oxygens (including phenoxy) is 2. The van der Waals surface area contributed by atoms with Gasteiger partial charge >= 0.3 is 0 Å². The Labute approximate surface area is 196 Å². The fourth-order valence-corrected chi connectivity index (χ4v) is 4.06. The molecule has 0 saturated carbocycles. The molecule has 7 heteroatoms. The molecule has 4 rings (SSSR count). The molecule has 0 aliphatic heterocycles. The highest BCUT2D eigenvalue weighted by Gasteiger charge is 2.14. The van der Waals surface area contributed by atoms with E-state index in [0.29, 0.717) is 17.9 Å². The molecule has 0 unspecified atom stereocenters. The van der Waals surface area contributed by atoms with Crippen LogP contribution >= 0.6 is 11.3 Å². The van der Waals surface area contributed by atoms with E-state index in [1.165, 1.54) is 11.3 Å². The summed E-state index contributed by atoms with van der Waals surface area (Å²) < 4.78 is 12.8. The topological polar surface area (TPSA) is 71.9 Å². The van der Waals surface area contributed by atoms with E-state index in [-0.39, 0.29) is 0 Å². The Hall–Kier alpha value is -4.15. The van der Waals surface area contributed by atoms with E-state index in [0.717, 1.165) is 32.9 Å². The maximum atomic E-state index is 9.03. The number of hydrogen-bond donors (Lipinski definition) is 0. The molecule has 0 atom stereocenters. The highest BCUT2D eigenvalue weighted by atomic mass is 32.1. The van der Waals surface area contributed by atoms with Crippen molar-refractivity contribution in [1.29, 1.82) is 5.26 Å². The van der Waals surface area contributed by atoms with E-state index in [1.54, 1.807) is 32.6 Å². The second kappa shape index (κ2) is 10.4. The van der Waals surface area contributed by atoms with Crippen molar-refractivity contribution in [1.82, 2.24) is 4.68 Å². The maximum Gasteiger partial charge on any atom is 0.206 e. The standard InChI is InChI=1S/C26H22N4O2S/c1-31-22-12-13-25(32-2)23(14-22)24-18-33-26(28-16-20-6-4-3-5-7-20)30(24)29-17-21-10-8-19(15-27)9-11-21/h3-14,17-18H,16H2,1-2H3. The number of benzene rings is 3. The molecule has 0 bridgehead atoms. The Kier molecular flexibility index (Phi) is 6.98. The van der Waals surface area contributed by atoms with E-state index < -0.39 is 0 Å². The molecule has 0 fully saturated rings. The zero-order chi connectivity index (χ0) is 23.0. The van der Waals surface area contributed by atoms with Gasteiger partial charge in [-0.05, 0) is 41.5 Å². The quantitative estimate of drug-likeness (QED) is 0.365. The molecular weight excluding hydrogens is 432 g/mol. The van der Waals surface area contributed by atoms with Gasteiger partial charge in [-0.2, -0.15) is 10.4 Å². The van der Waals surface area contributed by atoms with Gasteiger partial charge in [-0.3, -0.25) is 4.99 Å². The average Bonchev–Trinajstić information content (AvgIpc) is 3.29. The number of nitrogens with zero attached hydrogens (tertiary/aromatic N) is 4. The normalized spacial score (nSPS) is 11.5. The van der Waals surface area contributed by atoms with Crippen molar-refractivity contribution in [3.63, 3.8) is 0 Å². The van der Waals surface area contributed by atoms with Crippen molar-refractivity contribution in [2.75, 3.05) is 14.2 Å². The molecule has 0 saturated heterocycles. The summed E-state index contributed by atoms with van der Waals surface area (Å²) in [5.74, 6) is 1.44. The van der Waals surface area contributed by atoms with Gasteiger partial charge in [0.25, 0.3) is 0 Å². The number of methoxy groups -OCH3 is 2. The molecule has 3 aromatic carbocycles. The third-order valence-corrected chi connectivity index (χ3v) is 5.82. The summed E-state index contributed by atoms with van der Waals surface area (Å²) in [5.41, 5.74) is 4.30. The smallest absolute Gasteiger partial charge is 0.206 e. The van der Waals surface area contributed by atoms with Crippen molar-refractivity contribution in [3.8, 4) is 28.8 Å². The van der Waals surface area contributed by atoms with Gasteiger partial charge in [-0.15, -0.1) is 11.3 Å². The fourth-order valence-electron chi connectivity index (χ4n) is 3.23. The Balaban J connectivity index is 1.81. The Morgan fingerprint density at radius 2 is 1.79 bits per heavy atom. The molecule has 0 N–H and O–H groups in total. The zero-order valence-electron chi connectivity index (χ0n) is 18.3. The molecule has 33 heavy (non-hydrogen) atoms. The molecule has 0 aliphatic carbocycles. The molecule has 0 aliphatic rings. The zero-order valence-corrected chi connectivity index (χ0v) is 19.1. The molecule has 0 spiro atoms. The van der Waals surface area contributed by atoms with Crippen molar-refractivity contribution in [2.24, 2.45) is 10.1 Å². The molecule has 0 amide bonds. The van der Waals surface area contributed by atoms with Gasteiger partial charge < -0.3 is 9.47 Å². The predicted octanol–water partition coefficient (Wildman–Crippen LogP) is 5.09. The summed E-state index contributed by atoms with van der Waals surface area (Å²) in [7, 11) is 3.28. The van der Waals surface area contributed by atoms with Crippen LogP contribution in [0.2, 0.25) is 0 Å². The van der Waals surface area contributed by atoms with Gasteiger partial charge in [0, 0.05) is 10.9 Å². The van der Waals surface area contributed by atoms with Crippen LogP contribution in [0.5, 0.6) is 11.5 Å². The minimum absolute atomic E-state index is 0.544. The maximum absolute atomic E-state index is 9.03. The lowest BCUT2D eigenvalue weighted by atomic mass is 10.1. The summed E-state index contributed by atoms with van der Waals surface area (Å²) in [6.07, 6.45) is 1.76. The largest absolute Gasteiger partial charge is 0.497 e. The van der Waals surface area contributed by atoms with E-state index in [4.69, 9.17) is 24.8 Å². The van der Waals surface area contributed by atoms with Crippen molar-refractivity contribution in [3.05, 3.63) is 99.7 Å². The van der Waals surface area contributed by atoms with Crippen LogP contribution < -0.4 is 14.3 Å². The van der Waals surface area contributed by atoms with Crippen molar-refractivity contribution in [2.45, 2.75) is 6.54 Å². The lowest BCUT2D eigenvalue weighted by Crippen LogP contribution is -2.12. The summed E-state index contributed by atoms with van der Waals surface area (Å²) in [4.78, 5) is 5.57. The summed E-state index contributed by atoms with van der Waals surface area (Å²) in [6, 6.07) is 25.2. The second-order valence-corrected chi connectivity index (χ2v) is 7.90. The molecule has 4 aromatic rings. The van der Waals surface area contributed by atoms with Crippen LogP contribution in [0.1, 0.15) is 16.7 Å². The minimum Gasteiger partial charge on any atom is -0.497 e. The van der Waals surface area contributed by atoms with Crippen molar-refractivity contribution < 1.29 is 9.47 Å². The lowest BCUT2D eigenvalue weighted by Gasteiger charge is -2.11. The van der Waals surface area contributed by atoms with Gasteiger partial charge in [-0.25, -0.2) is 4.68 Å². The van der Waals surface area contributed by atoms with Gasteiger partial charge in [0.2, 0.25) is 4.80 Å². The van der Waals surface area contributed by atoms with E-state index in [9.17, 15) is 0 Å². The second-order valence-electron chi connectivity index (χ2n) is 7.06. The number of aromatic nitrogens is 1. The van der Waals surface area contributed by atoms with Crippen LogP contribution in [-0.2, 0) is 6.54 Å². The summed E-state index contributed by atoms with van der Waals surface area (Å²) >= 11 is 1.51. The van der Waals surface area contributed by atoms with Crippen LogP contribution in [0.25, 0.3) is 11.3 Å². The molecule has 1 heterocycles. The van der Waals surface area contributed by atoms with Crippen LogP contribution in [0.3, 0.4) is 0 Å². The first kappa shape index (κ1) is 22.1. The van der Waals surface area contributed by atoms with Crippen LogP contribution in [0.4, 0.5) is 0 Å². The first-order chi connectivity index (χ1) is 16.2. The third-order valence-electron chi connectivity index (χ3n) is 4.97. The van der Waals surface area contributed by atoms with Gasteiger partial charge in [0.05, 0.1) is 44.3 Å². The lowest BCUT2D eigenvalue weighted by molar-refractivity contribution is 0.404. The first-order valence-corrected chi connectivity index (χ1v) is 11.1. The highest BCUT2D eigenvalue weighted by molar-refractivity contribution is 7.07. The number of thiazole rings is 1. The van der Waals surface area contributed by atoms with E-state index in [2.05, 4.69) is 6.07 Å². The van der Waals surface area contributed by atoms with Crippen LogP contribution in [0.15, 0.2) is 88.3 Å². The molecular formula is C26H22N4O2S. The van der Waals surface area contributed by atoms with Crippen molar-refractivity contribution >= 4 is 17.6 Å². The number of rotatable bonds is 7. The third kappa shape index (κ3) is 5.20. The average molecular weight is 455 g/mol. The molecule has 6 nitrogen and oxygen atoms in total.